The molecule has 0 spiro atoms. The van der Waals surface area contributed by atoms with Crippen LogP contribution in [0.2, 0.25) is 0 Å². The van der Waals surface area contributed by atoms with Crippen molar-refractivity contribution in [2.45, 2.75) is 19.9 Å². The minimum Gasteiger partial charge on any atom is -0.507 e. The van der Waals surface area contributed by atoms with Crippen molar-refractivity contribution in [3.63, 3.8) is 0 Å². The number of phenols is 1. The first-order valence-electron chi connectivity index (χ1n) is 11.2. The van der Waals surface area contributed by atoms with E-state index in [2.05, 4.69) is 0 Å². The number of nitrogens with zero attached hydrogens (tertiary/aromatic N) is 3. The molecule has 1 fully saturated rings. The number of aryl methyl sites for hydroxylation is 1. The van der Waals surface area contributed by atoms with Gasteiger partial charge in [-0.3, -0.25) is 24.6 Å². The first-order chi connectivity index (χ1) is 17.7. The maximum atomic E-state index is 13.3. The number of nitro benzene ring substituents is 1. The number of Topliss-reactive ketones (excluding diaryl/α,β-unsaturated/α-hetero) is 1. The Morgan fingerprint density at radius 1 is 1.14 bits per heavy atom. The van der Waals surface area contributed by atoms with Crippen molar-refractivity contribution >= 4 is 28.8 Å². The van der Waals surface area contributed by atoms with Gasteiger partial charge in [0.1, 0.15) is 11.5 Å². The molecular weight excluding hydrogens is 478 g/mol. The second-order valence-corrected chi connectivity index (χ2v) is 8.25. The SMILES string of the molecule is CCOc1ccc(/C(O)=C2/C(=O)C(=O)N(c3ccc(C#N)cc3)C2c2ccc(O)c([N+](=O)[O-])c2)cc1C. The summed E-state index contributed by atoms with van der Waals surface area (Å²) in [6.07, 6.45) is 0. The van der Waals surface area contributed by atoms with Gasteiger partial charge in [0.25, 0.3) is 11.7 Å². The lowest BCUT2D eigenvalue weighted by Crippen LogP contribution is -2.29. The number of carbonyl (C=O) groups excluding carboxylic acids is 2. The van der Waals surface area contributed by atoms with Gasteiger partial charge >= 0.3 is 5.69 Å². The Bertz CT molecular complexity index is 1500. The van der Waals surface area contributed by atoms with Crippen LogP contribution in [-0.2, 0) is 9.59 Å². The Kier molecular flexibility index (Phi) is 6.63. The highest BCUT2D eigenvalue weighted by atomic mass is 16.6. The van der Waals surface area contributed by atoms with Crippen LogP contribution in [0.1, 0.15) is 35.2 Å². The molecule has 0 saturated carbocycles. The summed E-state index contributed by atoms with van der Waals surface area (Å²) < 4.78 is 5.53. The molecule has 0 aromatic heterocycles. The molecule has 1 amide bonds. The Morgan fingerprint density at radius 2 is 1.84 bits per heavy atom. The van der Waals surface area contributed by atoms with Crippen LogP contribution in [0.15, 0.2) is 66.2 Å². The standard InChI is InChI=1S/C27H21N3O7/c1-3-37-22-11-7-18(12-15(22)2)25(32)23-24(17-6-10-21(31)20(13-17)30(35)36)29(27(34)26(23)33)19-8-4-16(14-28)5-9-19/h4-13,24,31-32H,3H2,1-2H3/b25-23-. The molecule has 0 bridgehead atoms. The van der Waals surface area contributed by atoms with E-state index in [1.54, 1.807) is 25.1 Å². The number of hydrogen-bond donors (Lipinski definition) is 2. The Morgan fingerprint density at radius 3 is 2.43 bits per heavy atom. The Hall–Kier alpha value is -5.17. The largest absolute Gasteiger partial charge is 0.507 e. The zero-order chi connectivity index (χ0) is 26.9. The van der Waals surface area contributed by atoms with Crippen molar-refractivity contribution in [2.75, 3.05) is 11.5 Å². The number of carbonyl (C=O) groups is 2. The highest BCUT2D eigenvalue weighted by Crippen LogP contribution is 2.44. The normalized spacial score (nSPS) is 16.5. The van der Waals surface area contributed by atoms with Crippen molar-refractivity contribution in [3.05, 3.63) is 98.6 Å². The fourth-order valence-corrected chi connectivity index (χ4v) is 4.24. The predicted octanol–water partition coefficient (Wildman–Crippen LogP) is 4.51. The van der Waals surface area contributed by atoms with Gasteiger partial charge < -0.3 is 14.9 Å². The summed E-state index contributed by atoms with van der Waals surface area (Å²) in [4.78, 5) is 38.3. The van der Waals surface area contributed by atoms with Gasteiger partial charge in [-0.05, 0) is 73.5 Å². The molecule has 0 aliphatic carbocycles. The van der Waals surface area contributed by atoms with Crippen molar-refractivity contribution in [1.82, 2.24) is 0 Å². The molecular formula is C27H21N3O7. The molecule has 1 unspecified atom stereocenters. The second kappa shape index (κ2) is 9.83. The first-order valence-corrected chi connectivity index (χ1v) is 11.2. The summed E-state index contributed by atoms with van der Waals surface area (Å²) in [5, 5.41) is 41.8. The number of aliphatic hydroxyl groups excluding tert-OH is 1. The van der Waals surface area contributed by atoms with Gasteiger partial charge in [-0.1, -0.05) is 6.07 Å². The lowest BCUT2D eigenvalue weighted by molar-refractivity contribution is -0.385. The molecule has 4 rings (SSSR count). The lowest BCUT2D eigenvalue weighted by Gasteiger charge is -2.25. The van der Waals surface area contributed by atoms with E-state index in [9.17, 15) is 29.9 Å². The number of anilines is 1. The number of aromatic hydroxyl groups is 1. The van der Waals surface area contributed by atoms with Crippen LogP contribution in [-0.4, -0.2) is 33.4 Å². The predicted molar refractivity (Wildman–Crippen MR) is 133 cm³/mol. The van der Waals surface area contributed by atoms with Gasteiger partial charge in [0.05, 0.1) is 34.8 Å². The van der Waals surface area contributed by atoms with Crippen LogP contribution in [0.25, 0.3) is 5.76 Å². The van der Waals surface area contributed by atoms with Crippen molar-refractivity contribution in [3.8, 4) is 17.6 Å². The number of benzene rings is 3. The first kappa shape index (κ1) is 24.9. The number of phenolic OH excluding ortho intramolecular Hbond substituents is 1. The van der Waals surface area contributed by atoms with Crippen molar-refractivity contribution in [1.29, 1.82) is 5.26 Å². The minimum absolute atomic E-state index is 0.122. The molecule has 1 saturated heterocycles. The van der Waals surface area contributed by atoms with E-state index in [1.807, 2.05) is 13.0 Å². The summed E-state index contributed by atoms with van der Waals surface area (Å²) in [6, 6.07) is 14.8. The van der Waals surface area contributed by atoms with E-state index < -0.39 is 39.9 Å². The third kappa shape index (κ3) is 4.46. The van der Waals surface area contributed by atoms with Gasteiger partial charge in [-0.15, -0.1) is 0 Å². The quantitative estimate of drug-likeness (QED) is 0.165. The van der Waals surface area contributed by atoms with Gasteiger partial charge in [0.2, 0.25) is 0 Å². The van der Waals surface area contributed by atoms with E-state index in [4.69, 9.17) is 10.00 Å². The average molecular weight is 499 g/mol. The molecule has 1 aliphatic rings. The molecule has 3 aromatic rings. The van der Waals surface area contributed by atoms with Crippen molar-refractivity contribution < 1.29 is 29.5 Å². The molecule has 10 nitrogen and oxygen atoms in total. The van der Waals surface area contributed by atoms with E-state index in [-0.39, 0.29) is 22.4 Å². The molecule has 3 aromatic carbocycles. The molecule has 0 radical (unpaired) electrons. The molecule has 10 heteroatoms. The molecule has 2 N–H and O–H groups in total. The summed E-state index contributed by atoms with van der Waals surface area (Å²) in [6.45, 7) is 4.02. The van der Waals surface area contributed by atoms with Crippen molar-refractivity contribution in [2.24, 2.45) is 0 Å². The van der Waals surface area contributed by atoms with Gasteiger partial charge in [-0.2, -0.15) is 5.26 Å². The molecule has 186 valence electrons. The molecule has 1 heterocycles. The summed E-state index contributed by atoms with van der Waals surface area (Å²) in [7, 11) is 0. The number of ether oxygens (including phenoxy) is 1. The summed E-state index contributed by atoms with van der Waals surface area (Å²) in [5.41, 5.74) is 0.710. The molecule has 37 heavy (non-hydrogen) atoms. The zero-order valence-corrected chi connectivity index (χ0v) is 19.8. The Balaban J connectivity index is 1.95. The molecule has 1 aliphatic heterocycles. The maximum Gasteiger partial charge on any atom is 0.311 e. The number of ketones is 1. The summed E-state index contributed by atoms with van der Waals surface area (Å²) >= 11 is 0. The number of rotatable bonds is 6. The van der Waals surface area contributed by atoms with E-state index in [1.165, 1.54) is 30.3 Å². The van der Waals surface area contributed by atoms with Crippen LogP contribution in [0, 0.1) is 28.4 Å². The minimum atomic E-state index is -1.25. The zero-order valence-electron chi connectivity index (χ0n) is 19.8. The number of nitriles is 1. The Labute approximate surface area is 211 Å². The fourth-order valence-electron chi connectivity index (χ4n) is 4.24. The lowest BCUT2D eigenvalue weighted by atomic mass is 9.94. The number of amides is 1. The number of hydrogen-bond acceptors (Lipinski definition) is 8. The third-order valence-corrected chi connectivity index (χ3v) is 5.98. The van der Waals surface area contributed by atoms with Gasteiger partial charge in [0.15, 0.2) is 5.75 Å². The second-order valence-electron chi connectivity index (χ2n) is 8.25. The topological polar surface area (TPSA) is 154 Å². The highest BCUT2D eigenvalue weighted by molar-refractivity contribution is 6.51. The van der Waals surface area contributed by atoms with Crippen LogP contribution in [0.3, 0.4) is 0 Å². The maximum absolute atomic E-state index is 13.3. The highest BCUT2D eigenvalue weighted by Gasteiger charge is 2.47. The number of nitro groups is 1. The average Bonchev–Trinajstić information content (AvgIpc) is 3.15. The van der Waals surface area contributed by atoms with Crippen LogP contribution in [0.5, 0.6) is 11.5 Å². The fraction of sp³-hybridized carbons (Fsp3) is 0.148. The van der Waals surface area contributed by atoms with Crippen LogP contribution in [0.4, 0.5) is 11.4 Å². The van der Waals surface area contributed by atoms with E-state index in [0.717, 1.165) is 17.0 Å². The molecule has 1 atom stereocenters. The van der Waals surface area contributed by atoms with Crippen LogP contribution >= 0.6 is 0 Å². The van der Waals surface area contributed by atoms with E-state index in [0.29, 0.717) is 23.5 Å². The monoisotopic (exact) mass is 499 g/mol. The van der Waals surface area contributed by atoms with E-state index >= 15 is 0 Å². The summed E-state index contributed by atoms with van der Waals surface area (Å²) in [5.74, 6) is -2.43. The number of aliphatic hydroxyl groups is 1. The smallest absolute Gasteiger partial charge is 0.311 e. The van der Waals surface area contributed by atoms with Crippen LogP contribution < -0.4 is 9.64 Å². The van der Waals surface area contributed by atoms with Gasteiger partial charge in [-0.25, -0.2) is 0 Å². The van der Waals surface area contributed by atoms with Gasteiger partial charge in [0, 0.05) is 17.3 Å². The third-order valence-electron chi connectivity index (χ3n) is 5.98.